The Bertz CT molecular complexity index is 634. The number of carbonyl (C=O) groups excluding carboxylic acids is 1. The van der Waals surface area contributed by atoms with E-state index in [-0.39, 0.29) is 11.9 Å². The Morgan fingerprint density at radius 1 is 1.27 bits per heavy atom. The molecule has 0 unspecified atom stereocenters. The molecule has 0 spiro atoms. The van der Waals surface area contributed by atoms with Crippen molar-refractivity contribution in [2.24, 2.45) is 0 Å². The number of aryl methyl sites for hydroxylation is 1. The summed E-state index contributed by atoms with van der Waals surface area (Å²) in [6.07, 6.45) is 0.495. The Morgan fingerprint density at radius 3 is 2.64 bits per heavy atom. The molecule has 4 heteroatoms. The van der Waals surface area contributed by atoms with Crippen LogP contribution in [0.15, 0.2) is 40.8 Å². The molecule has 2 aromatic rings. The minimum absolute atomic E-state index is 0.0642. The van der Waals surface area contributed by atoms with Gasteiger partial charge < -0.3 is 9.73 Å². The van der Waals surface area contributed by atoms with E-state index in [9.17, 15) is 4.79 Å². The fourth-order valence-electron chi connectivity index (χ4n) is 2.43. The number of nitrogens with one attached hydrogen (secondary N) is 1. The molecule has 1 atom stereocenters. The van der Waals surface area contributed by atoms with Crippen LogP contribution in [-0.4, -0.2) is 30.9 Å². The highest BCUT2D eigenvalue weighted by Gasteiger charge is 2.16. The second-order valence-electron chi connectivity index (χ2n) is 5.71. The summed E-state index contributed by atoms with van der Waals surface area (Å²) in [6.45, 7) is 4.78. The van der Waals surface area contributed by atoms with E-state index in [4.69, 9.17) is 4.42 Å². The first-order chi connectivity index (χ1) is 10.5. The fraction of sp³-hybridized carbons (Fsp3) is 0.389. The van der Waals surface area contributed by atoms with E-state index in [0.29, 0.717) is 6.42 Å². The van der Waals surface area contributed by atoms with E-state index >= 15 is 0 Å². The van der Waals surface area contributed by atoms with Crippen molar-refractivity contribution in [3.05, 3.63) is 47.7 Å². The van der Waals surface area contributed by atoms with Crippen molar-refractivity contribution in [3.63, 3.8) is 0 Å². The molecule has 22 heavy (non-hydrogen) atoms. The van der Waals surface area contributed by atoms with Crippen LogP contribution >= 0.6 is 0 Å². The number of benzene rings is 1. The van der Waals surface area contributed by atoms with E-state index < -0.39 is 0 Å². The summed E-state index contributed by atoms with van der Waals surface area (Å²) in [5, 5.41) is 2.67. The smallest absolute Gasteiger partial charge is 0.221 e. The Hall–Kier alpha value is -2.07. The SMILES string of the molecule is CNC(=O)C[C@@H](C)N(C)Cc1ccccc1-c1ccc(C)o1. The lowest BCUT2D eigenvalue weighted by atomic mass is 10.0. The summed E-state index contributed by atoms with van der Waals surface area (Å²) in [6, 6.07) is 12.4. The molecule has 118 valence electrons. The van der Waals surface area contributed by atoms with Gasteiger partial charge in [0.25, 0.3) is 0 Å². The number of rotatable bonds is 6. The van der Waals surface area contributed by atoms with Crippen molar-refractivity contribution in [2.45, 2.75) is 32.9 Å². The van der Waals surface area contributed by atoms with E-state index in [1.165, 1.54) is 5.56 Å². The predicted octanol–water partition coefficient (Wildman–Crippen LogP) is 3.21. The summed E-state index contributed by atoms with van der Waals surface area (Å²) in [5.41, 5.74) is 2.30. The molecule has 0 aliphatic heterocycles. The standard InChI is InChI=1S/C18H24N2O2/c1-13(11-18(21)19-3)20(4)12-15-7-5-6-8-16(15)17-10-9-14(2)22-17/h5-10,13H,11-12H2,1-4H3,(H,19,21)/t13-/m1/s1. The number of hydrogen-bond donors (Lipinski definition) is 1. The topological polar surface area (TPSA) is 45.5 Å². The zero-order chi connectivity index (χ0) is 16.1. The van der Waals surface area contributed by atoms with Gasteiger partial charge in [-0.25, -0.2) is 0 Å². The van der Waals surface area contributed by atoms with Gasteiger partial charge in [-0.15, -0.1) is 0 Å². The average molecular weight is 300 g/mol. The number of hydrogen-bond acceptors (Lipinski definition) is 3. The third-order valence-corrected chi connectivity index (χ3v) is 3.96. The maximum Gasteiger partial charge on any atom is 0.221 e. The molecule has 1 N–H and O–H groups in total. The quantitative estimate of drug-likeness (QED) is 0.891. The van der Waals surface area contributed by atoms with Gasteiger partial charge in [0.1, 0.15) is 11.5 Å². The lowest BCUT2D eigenvalue weighted by Gasteiger charge is -2.25. The summed E-state index contributed by atoms with van der Waals surface area (Å²) >= 11 is 0. The van der Waals surface area contributed by atoms with Crippen LogP contribution in [0.25, 0.3) is 11.3 Å². The molecule has 0 radical (unpaired) electrons. The van der Waals surface area contributed by atoms with Crippen LogP contribution in [-0.2, 0) is 11.3 Å². The lowest BCUT2D eigenvalue weighted by molar-refractivity contribution is -0.121. The van der Waals surface area contributed by atoms with Crippen molar-refractivity contribution in [3.8, 4) is 11.3 Å². The molecular weight excluding hydrogens is 276 g/mol. The van der Waals surface area contributed by atoms with Crippen molar-refractivity contribution in [2.75, 3.05) is 14.1 Å². The molecule has 4 nitrogen and oxygen atoms in total. The molecule has 0 fully saturated rings. The van der Waals surface area contributed by atoms with Crippen LogP contribution in [0.2, 0.25) is 0 Å². The third-order valence-electron chi connectivity index (χ3n) is 3.96. The van der Waals surface area contributed by atoms with Gasteiger partial charge in [-0.05, 0) is 38.6 Å². The van der Waals surface area contributed by atoms with Crippen LogP contribution in [0.3, 0.4) is 0 Å². The van der Waals surface area contributed by atoms with Crippen LogP contribution in [0.5, 0.6) is 0 Å². The molecule has 0 saturated heterocycles. The average Bonchev–Trinajstić information content (AvgIpc) is 2.93. The molecule has 1 aromatic carbocycles. The van der Waals surface area contributed by atoms with Crippen LogP contribution in [0.4, 0.5) is 0 Å². The van der Waals surface area contributed by atoms with Gasteiger partial charge in [0, 0.05) is 31.6 Å². The van der Waals surface area contributed by atoms with Gasteiger partial charge >= 0.3 is 0 Å². The van der Waals surface area contributed by atoms with Crippen LogP contribution in [0.1, 0.15) is 24.7 Å². The Labute approximate surface area is 132 Å². The zero-order valence-corrected chi connectivity index (χ0v) is 13.7. The highest BCUT2D eigenvalue weighted by Crippen LogP contribution is 2.26. The molecule has 0 aliphatic rings. The van der Waals surface area contributed by atoms with Crippen molar-refractivity contribution < 1.29 is 9.21 Å². The molecular formula is C18H24N2O2. The van der Waals surface area contributed by atoms with Crippen LogP contribution < -0.4 is 5.32 Å². The molecule has 1 amide bonds. The minimum Gasteiger partial charge on any atom is -0.461 e. The molecule has 0 saturated carbocycles. The summed E-state index contributed by atoms with van der Waals surface area (Å²) in [4.78, 5) is 13.7. The van der Waals surface area contributed by atoms with Gasteiger partial charge in [-0.3, -0.25) is 9.69 Å². The summed E-state index contributed by atoms with van der Waals surface area (Å²) in [7, 11) is 3.71. The van der Waals surface area contributed by atoms with Gasteiger partial charge in [0.2, 0.25) is 5.91 Å². The second-order valence-corrected chi connectivity index (χ2v) is 5.71. The first kappa shape index (κ1) is 16.3. The minimum atomic E-state index is 0.0642. The maximum atomic E-state index is 11.5. The monoisotopic (exact) mass is 300 g/mol. The normalized spacial score (nSPS) is 12.4. The van der Waals surface area contributed by atoms with Crippen molar-refractivity contribution in [1.82, 2.24) is 10.2 Å². The predicted molar refractivity (Wildman–Crippen MR) is 88.5 cm³/mol. The summed E-state index contributed by atoms with van der Waals surface area (Å²) < 4.78 is 5.75. The molecule has 1 heterocycles. The fourth-order valence-corrected chi connectivity index (χ4v) is 2.43. The van der Waals surface area contributed by atoms with E-state index in [2.05, 4.69) is 29.3 Å². The third kappa shape index (κ3) is 3.98. The number of furan rings is 1. The number of carbonyl (C=O) groups is 1. The van der Waals surface area contributed by atoms with Crippen molar-refractivity contribution in [1.29, 1.82) is 0 Å². The van der Waals surface area contributed by atoms with E-state index in [0.717, 1.165) is 23.6 Å². The maximum absolute atomic E-state index is 11.5. The Balaban J connectivity index is 2.14. The zero-order valence-electron chi connectivity index (χ0n) is 13.7. The van der Waals surface area contributed by atoms with Gasteiger partial charge in [0.05, 0.1) is 0 Å². The van der Waals surface area contributed by atoms with E-state index in [1.54, 1.807) is 7.05 Å². The van der Waals surface area contributed by atoms with Gasteiger partial charge in [0.15, 0.2) is 0 Å². The Kier molecular flexibility index (Phi) is 5.39. The highest BCUT2D eigenvalue weighted by atomic mass is 16.3. The van der Waals surface area contributed by atoms with Crippen molar-refractivity contribution >= 4 is 5.91 Å². The first-order valence-electron chi connectivity index (χ1n) is 7.56. The van der Waals surface area contributed by atoms with Gasteiger partial charge in [-0.1, -0.05) is 24.3 Å². The largest absolute Gasteiger partial charge is 0.461 e. The van der Waals surface area contributed by atoms with E-state index in [1.807, 2.05) is 38.2 Å². The second kappa shape index (κ2) is 7.27. The number of amides is 1. The van der Waals surface area contributed by atoms with Crippen LogP contribution in [0, 0.1) is 6.92 Å². The van der Waals surface area contributed by atoms with Gasteiger partial charge in [-0.2, -0.15) is 0 Å². The Morgan fingerprint density at radius 2 is 2.00 bits per heavy atom. The highest BCUT2D eigenvalue weighted by molar-refractivity contribution is 5.76. The summed E-state index contributed by atoms with van der Waals surface area (Å²) in [5.74, 6) is 1.86. The number of nitrogens with zero attached hydrogens (tertiary/aromatic N) is 1. The lowest BCUT2D eigenvalue weighted by Crippen LogP contribution is -2.33. The molecule has 2 rings (SSSR count). The first-order valence-corrected chi connectivity index (χ1v) is 7.56. The molecule has 0 bridgehead atoms. The molecule has 1 aromatic heterocycles. The molecule has 0 aliphatic carbocycles.